The number of halogens is 1. The monoisotopic (exact) mass is 497 g/mol. The third kappa shape index (κ3) is 6.77. The first kappa shape index (κ1) is 22.7. The van der Waals surface area contributed by atoms with E-state index in [2.05, 4.69) is 51.4 Å². The van der Waals surface area contributed by atoms with Gasteiger partial charge in [0, 0.05) is 31.5 Å². The summed E-state index contributed by atoms with van der Waals surface area (Å²) in [6.45, 7) is 6.40. The summed E-state index contributed by atoms with van der Waals surface area (Å²) < 4.78 is 2.14. The molecule has 1 aromatic carbocycles. The number of nitrogens with zero attached hydrogens (tertiary/aromatic N) is 3. The highest BCUT2D eigenvalue weighted by Crippen LogP contribution is 2.18. The molecule has 0 radical (unpaired) electrons. The van der Waals surface area contributed by atoms with Crippen molar-refractivity contribution in [1.29, 1.82) is 0 Å². The van der Waals surface area contributed by atoms with Crippen molar-refractivity contribution in [1.82, 2.24) is 20.2 Å². The minimum atomic E-state index is -0.135. The second kappa shape index (κ2) is 11.4. The lowest BCUT2D eigenvalue weighted by molar-refractivity contribution is 0.120. The molecule has 0 unspecified atom stereocenters. The molecule has 3 rings (SSSR count). The first-order valence-corrected chi connectivity index (χ1v) is 9.92. The molecule has 0 bridgehead atoms. The molecule has 28 heavy (non-hydrogen) atoms. The lowest BCUT2D eigenvalue weighted by Gasteiger charge is -2.27. The van der Waals surface area contributed by atoms with E-state index in [1.165, 1.54) is 11.1 Å². The molecule has 6 nitrogen and oxygen atoms in total. The topological polar surface area (TPSA) is 74.5 Å². The Bertz CT molecular complexity index is 753. The fourth-order valence-corrected chi connectivity index (χ4v) is 3.50. The van der Waals surface area contributed by atoms with Gasteiger partial charge in [0.2, 0.25) is 0 Å². The molecule has 0 atom stereocenters. The molecule has 1 heterocycles. The number of benzene rings is 1. The van der Waals surface area contributed by atoms with Crippen LogP contribution in [0.4, 0.5) is 0 Å². The number of aliphatic hydroxyl groups is 1. The average molecular weight is 497 g/mol. The zero-order valence-corrected chi connectivity index (χ0v) is 19.1. The molecule has 7 heteroatoms. The van der Waals surface area contributed by atoms with Gasteiger partial charge in [-0.3, -0.25) is 0 Å². The highest BCUT2D eigenvalue weighted by atomic mass is 127. The summed E-state index contributed by atoms with van der Waals surface area (Å²) in [7, 11) is 0. The van der Waals surface area contributed by atoms with Gasteiger partial charge in [0.05, 0.1) is 12.6 Å². The highest BCUT2D eigenvalue weighted by Gasteiger charge is 2.19. The molecule has 1 aliphatic rings. The van der Waals surface area contributed by atoms with E-state index in [0.29, 0.717) is 12.6 Å². The second-order valence-corrected chi connectivity index (χ2v) is 7.27. The van der Waals surface area contributed by atoms with Crippen molar-refractivity contribution in [2.24, 2.45) is 4.99 Å². The molecule has 1 aliphatic carbocycles. The third-order valence-corrected chi connectivity index (χ3v) is 5.07. The minimum absolute atomic E-state index is 0. The number of hydrogen-bond acceptors (Lipinski definition) is 3. The Balaban J connectivity index is 0.00000280. The van der Waals surface area contributed by atoms with E-state index in [-0.39, 0.29) is 30.1 Å². The van der Waals surface area contributed by atoms with Gasteiger partial charge in [-0.25, -0.2) is 9.98 Å². The Kier molecular flexibility index (Phi) is 9.24. The van der Waals surface area contributed by atoms with Crippen LogP contribution < -0.4 is 10.6 Å². The number of hydrogen-bond donors (Lipinski definition) is 3. The molecule has 2 aromatic rings. The Morgan fingerprint density at radius 3 is 2.68 bits per heavy atom. The average Bonchev–Trinajstić information content (AvgIpc) is 3.07. The molecule has 1 saturated carbocycles. The van der Waals surface area contributed by atoms with Gasteiger partial charge in [-0.15, -0.1) is 24.0 Å². The number of aryl methyl sites for hydroxylation is 1. The number of nitrogens with one attached hydrogen (secondary N) is 2. The second-order valence-electron chi connectivity index (χ2n) is 7.27. The first-order valence-electron chi connectivity index (χ1n) is 9.92. The van der Waals surface area contributed by atoms with Crippen molar-refractivity contribution in [3.63, 3.8) is 0 Å². The zero-order chi connectivity index (χ0) is 19.1. The fourth-order valence-electron chi connectivity index (χ4n) is 3.50. The van der Waals surface area contributed by atoms with E-state index in [9.17, 15) is 5.11 Å². The highest BCUT2D eigenvalue weighted by molar-refractivity contribution is 14.0. The predicted molar refractivity (Wildman–Crippen MR) is 124 cm³/mol. The van der Waals surface area contributed by atoms with Crippen molar-refractivity contribution in [2.75, 3.05) is 6.54 Å². The zero-order valence-electron chi connectivity index (χ0n) is 16.8. The Labute approximate surface area is 184 Å². The normalized spacial score (nSPS) is 19.8. The number of guanidine groups is 1. The van der Waals surface area contributed by atoms with Gasteiger partial charge >= 0.3 is 0 Å². The van der Waals surface area contributed by atoms with Crippen molar-refractivity contribution in [3.8, 4) is 0 Å². The van der Waals surface area contributed by atoms with E-state index >= 15 is 0 Å². The summed E-state index contributed by atoms with van der Waals surface area (Å²) in [5.41, 5.74) is 2.45. The van der Waals surface area contributed by atoms with Crippen LogP contribution in [0.25, 0.3) is 0 Å². The molecule has 0 amide bonds. The maximum absolute atomic E-state index is 9.67. The summed E-state index contributed by atoms with van der Waals surface area (Å²) in [5.74, 6) is 1.88. The summed E-state index contributed by atoms with van der Waals surface area (Å²) in [5, 5.41) is 16.5. The SMILES string of the molecule is CCNC(=NCc1cccc(Cn2ccnc2C)c1)NC1CCC(O)CC1.I. The van der Waals surface area contributed by atoms with E-state index in [0.717, 1.165) is 50.6 Å². The summed E-state index contributed by atoms with van der Waals surface area (Å²) in [6.07, 6.45) is 7.43. The minimum Gasteiger partial charge on any atom is -0.393 e. The molecule has 0 saturated heterocycles. The molecule has 0 spiro atoms. The van der Waals surface area contributed by atoms with Crippen LogP contribution in [-0.4, -0.2) is 39.3 Å². The lowest BCUT2D eigenvalue weighted by Crippen LogP contribution is -2.45. The van der Waals surface area contributed by atoms with Gasteiger partial charge < -0.3 is 20.3 Å². The van der Waals surface area contributed by atoms with Crippen LogP contribution in [0, 0.1) is 6.92 Å². The maximum atomic E-state index is 9.67. The number of aliphatic hydroxyl groups excluding tert-OH is 1. The van der Waals surface area contributed by atoms with E-state index in [1.54, 1.807) is 0 Å². The van der Waals surface area contributed by atoms with E-state index < -0.39 is 0 Å². The van der Waals surface area contributed by atoms with Gasteiger partial charge in [0.1, 0.15) is 5.82 Å². The molecule has 1 aromatic heterocycles. The van der Waals surface area contributed by atoms with Crippen LogP contribution in [0.5, 0.6) is 0 Å². The first-order chi connectivity index (χ1) is 13.1. The smallest absolute Gasteiger partial charge is 0.191 e. The molecule has 3 N–H and O–H groups in total. The molecule has 0 aliphatic heterocycles. The van der Waals surface area contributed by atoms with Crippen LogP contribution >= 0.6 is 24.0 Å². The number of imidazole rings is 1. The van der Waals surface area contributed by atoms with Crippen LogP contribution in [-0.2, 0) is 13.1 Å². The maximum Gasteiger partial charge on any atom is 0.191 e. The van der Waals surface area contributed by atoms with Crippen LogP contribution in [0.15, 0.2) is 41.7 Å². The van der Waals surface area contributed by atoms with Crippen LogP contribution in [0.1, 0.15) is 49.6 Å². The Morgan fingerprint density at radius 1 is 1.25 bits per heavy atom. The quantitative estimate of drug-likeness (QED) is 0.326. The molecule has 1 fully saturated rings. The number of aliphatic imine (C=N–C) groups is 1. The van der Waals surface area contributed by atoms with Crippen molar-refractivity contribution >= 4 is 29.9 Å². The van der Waals surface area contributed by atoms with Gasteiger partial charge in [-0.1, -0.05) is 24.3 Å². The van der Waals surface area contributed by atoms with Gasteiger partial charge in [-0.2, -0.15) is 0 Å². The van der Waals surface area contributed by atoms with Crippen molar-refractivity contribution in [2.45, 2.75) is 64.8 Å². The van der Waals surface area contributed by atoms with Crippen molar-refractivity contribution in [3.05, 3.63) is 53.6 Å². The third-order valence-electron chi connectivity index (χ3n) is 5.07. The molecule has 154 valence electrons. The fraction of sp³-hybridized carbons (Fsp3) is 0.524. The van der Waals surface area contributed by atoms with Crippen molar-refractivity contribution < 1.29 is 5.11 Å². The van der Waals surface area contributed by atoms with Gasteiger partial charge in [-0.05, 0) is 50.7 Å². The predicted octanol–water partition coefficient (Wildman–Crippen LogP) is 3.22. The van der Waals surface area contributed by atoms with Gasteiger partial charge in [0.25, 0.3) is 0 Å². The van der Waals surface area contributed by atoms with Crippen LogP contribution in [0.2, 0.25) is 0 Å². The largest absolute Gasteiger partial charge is 0.393 e. The number of aromatic nitrogens is 2. The number of rotatable bonds is 6. The Hall–Kier alpha value is -1.61. The lowest BCUT2D eigenvalue weighted by atomic mass is 9.93. The summed E-state index contributed by atoms with van der Waals surface area (Å²) >= 11 is 0. The van der Waals surface area contributed by atoms with E-state index in [4.69, 9.17) is 4.99 Å². The van der Waals surface area contributed by atoms with Crippen LogP contribution in [0.3, 0.4) is 0 Å². The standard InChI is InChI=1S/C21H31N5O.HI/c1-3-22-21(25-19-7-9-20(27)10-8-19)24-14-17-5-4-6-18(13-17)15-26-12-11-23-16(26)2;/h4-6,11-13,19-20,27H,3,7-10,14-15H2,1-2H3,(H2,22,24,25);1H. The Morgan fingerprint density at radius 2 is 2.00 bits per heavy atom. The van der Waals surface area contributed by atoms with E-state index in [1.807, 2.05) is 19.3 Å². The summed E-state index contributed by atoms with van der Waals surface area (Å²) in [4.78, 5) is 9.05. The van der Waals surface area contributed by atoms with Gasteiger partial charge in [0.15, 0.2) is 5.96 Å². The molecular weight excluding hydrogens is 465 g/mol. The summed E-state index contributed by atoms with van der Waals surface area (Å²) in [6, 6.07) is 8.96. The molecular formula is C21H32IN5O.